The van der Waals surface area contributed by atoms with Crippen LogP contribution in [0, 0.1) is 0 Å². The molecular formula is C66H131NO8. The highest BCUT2D eigenvalue weighted by Gasteiger charge is 2.44. The van der Waals surface area contributed by atoms with Gasteiger partial charge in [-0.1, -0.05) is 341 Å². The molecule has 0 aromatic carbocycles. The molecule has 0 aromatic heterocycles. The molecule has 6 N–H and O–H groups in total. The van der Waals surface area contributed by atoms with E-state index in [1.807, 2.05) is 0 Å². The molecule has 9 heteroatoms. The Balaban J connectivity index is 2.08. The summed E-state index contributed by atoms with van der Waals surface area (Å²) in [6.45, 7) is 3.90. The van der Waals surface area contributed by atoms with Crippen molar-refractivity contribution in [3.8, 4) is 0 Å². The average molecular weight is 1070 g/mol. The van der Waals surface area contributed by atoms with Crippen LogP contribution < -0.4 is 5.32 Å². The maximum atomic E-state index is 13.1. The van der Waals surface area contributed by atoms with E-state index in [1.54, 1.807) is 0 Å². The van der Waals surface area contributed by atoms with Crippen molar-refractivity contribution in [3.63, 3.8) is 0 Å². The Morgan fingerprint density at radius 1 is 0.400 bits per heavy atom. The van der Waals surface area contributed by atoms with Crippen LogP contribution in [0.3, 0.4) is 0 Å². The fourth-order valence-corrected chi connectivity index (χ4v) is 11.4. The lowest BCUT2D eigenvalue weighted by atomic mass is 9.99. The third kappa shape index (κ3) is 45.6. The lowest BCUT2D eigenvalue weighted by molar-refractivity contribution is -0.302. The summed E-state index contributed by atoms with van der Waals surface area (Å²) in [6.07, 6.45) is 63.1. The lowest BCUT2D eigenvalue weighted by Gasteiger charge is -2.40. The Hall–Kier alpha value is -0.810. The molecule has 0 bridgehead atoms. The van der Waals surface area contributed by atoms with E-state index in [2.05, 4.69) is 19.2 Å². The van der Waals surface area contributed by atoms with Crippen LogP contribution in [0.2, 0.25) is 0 Å². The summed E-state index contributed by atoms with van der Waals surface area (Å²) in [6, 6.07) is -0.714. The number of ether oxygens (including phenoxy) is 2. The van der Waals surface area contributed by atoms with Crippen LogP contribution in [0.25, 0.3) is 0 Å². The molecule has 1 amide bonds. The van der Waals surface area contributed by atoms with E-state index in [-0.39, 0.29) is 12.5 Å². The Bertz CT molecular complexity index is 1140. The summed E-state index contributed by atoms with van der Waals surface area (Å²) in [7, 11) is 0. The first-order chi connectivity index (χ1) is 36.8. The van der Waals surface area contributed by atoms with Crippen molar-refractivity contribution in [2.75, 3.05) is 13.2 Å². The fourth-order valence-electron chi connectivity index (χ4n) is 11.4. The highest BCUT2D eigenvalue weighted by atomic mass is 16.7. The number of amides is 1. The van der Waals surface area contributed by atoms with Crippen LogP contribution in [-0.2, 0) is 14.3 Å². The van der Waals surface area contributed by atoms with Gasteiger partial charge in [0.05, 0.1) is 25.4 Å². The van der Waals surface area contributed by atoms with Gasteiger partial charge in [0.15, 0.2) is 6.29 Å². The summed E-state index contributed by atoms with van der Waals surface area (Å²) in [5.74, 6) is -0.135. The highest BCUT2D eigenvalue weighted by molar-refractivity contribution is 5.76. The van der Waals surface area contributed by atoms with Crippen LogP contribution in [0.1, 0.15) is 361 Å². The zero-order valence-electron chi connectivity index (χ0n) is 50.1. The number of unbranched alkanes of at least 4 members (excludes halogenated alkanes) is 50. The number of carbonyl (C=O) groups is 1. The van der Waals surface area contributed by atoms with Crippen LogP contribution in [0.4, 0.5) is 0 Å². The van der Waals surface area contributed by atoms with E-state index in [9.17, 15) is 30.3 Å². The van der Waals surface area contributed by atoms with Crippen LogP contribution in [0.5, 0.6) is 0 Å². The minimum Gasteiger partial charge on any atom is -0.394 e. The molecule has 1 aliphatic heterocycles. The lowest BCUT2D eigenvalue weighted by Crippen LogP contribution is -2.60. The molecule has 0 aliphatic carbocycles. The van der Waals surface area contributed by atoms with E-state index in [1.165, 1.54) is 295 Å². The summed E-state index contributed by atoms with van der Waals surface area (Å²) >= 11 is 0. The number of nitrogens with one attached hydrogen (secondary N) is 1. The molecule has 0 radical (unpaired) electrons. The highest BCUT2D eigenvalue weighted by Crippen LogP contribution is 2.24. The average Bonchev–Trinajstić information content (AvgIpc) is 3.41. The minimum atomic E-state index is -1.55. The molecule has 1 saturated heterocycles. The zero-order chi connectivity index (χ0) is 54.3. The van der Waals surface area contributed by atoms with Gasteiger partial charge in [0.1, 0.15) is 24.4 Å². The fraction of sp³-hybridized carbons (Fsp3) is 0.985. The molecule has 7 unspecified atom stereocenters. The van der Waals surface area contributed by atoms with Gasteiger partial charge >= 0.3 is 0 Å². The predicted octanol–water partition coefficient (Wildman–Crippen LogP) is 17.8. The number of aliphatic hydroxyl groups is 5. The summed E-state index contributed by atoms with van der Waals surface area (Å²) in [5.41, 5.74) is 0. The van der Waals surface area contributed by atoms with Gasteiger partial charge in [-0.3, -0.25) is 4.79 Å². The minimum absolute atomic E-state index is 0.131. The van der Waals surface area contributed by atoms with Crippen molar-refractivity contribution >= 4 is 5.91 Å². The molecule has 0 saturated carbocycles. The van der Waals surface area contributed by atoms with E-state index in [0.29, 0.717) is 12.8 Å². The first-order valence-electron chi connectivity index (χ1n) is 33.7. The smallest absolute Gasteiger partial charge is 0.220 e. The monoisotopic (exact) mass is 1070 g/mol. The molecule has 7 atom stereocenters. The van der Waals surface area contributed by atoms with Gasteiger partial charge in [0, 0.05) is 6.42 Å². The maximum Gasteiger partial charge on any atom is 0.220 e. The maximum absolute atomic E-state index is 13.1. The van der Waals surface area contributed by atoms with Gasteiger partial charge < -0.3 is 40.3 Å². The summed E-state index contributed by atoms with van der Waals surface area (Å²) in [5, 5.41) is 54.9. The molecular weight excluding hydrogens is 935 g/mol. The van der Waals surface area contributed by atoms with E-state index >= 15 is 0 Å². The Kier molecular flexibility index (Phi) is 54.4. The first kappa shape index (κ1) is 72.2. The second-order valence-corrected chi connectivity index (χ2v) is 24.0. The van der Waals surface area contributed by atoms with Crippen molar-refractivity contribution in [3.05, 3.63) is 0 Å². The van der Waals surface area contributed by atoms with Gasteiger partial charge in [0.2, 0.25) is 5.91 Å². The molecule has 448 valence electrons. The van der Waals surface area contributed by atoms with Crippen LogP contribution in [-0.4, -0.2) is 87.5 Å². The third-order valence-corrected chi connectivity index (χ3v) is 16.7. The van der Waals surface area contributed by atoms with Gasteiger partial charge in [-0.2, -0.15) is 0 Å². The second-order valence-electron chi connectivity index (χ2n) is 24.0. The van der Waals surface area contributed by atoms with Crippen molar-refractivity contribution in [1.29, 1.82) is 0 Å². The Morgan fingerprint density at radius 3 is 0.947 bits per heavy atom. The second kappa shape index (κ2) is 56.5. The molecule has 75 heavy (non-hydrogen) atoms. The summed E-state index contributed by atoms with van der Waals surface area (Å²) in [4.78, 5) is 13.1. The van der Waals surface area contributed by atoms with E-state index in [0.717, 1.165) is 38.5 Å². The van der Waals surface area contributed by atoms with Gasteiger partial charge in [-0.05, 0) is 12.8 Å². The standard InChI is InChI=1S/C66H131NO8/c1-3-5-7-9-11-13-15-17-19-21-23-24-25-26-27-28-29-30-31-32-33-34-35-36-38-39-41-43-45-47-49-51-53-55-60(69)59(58-74-66-65(73)64(72)63(71)61(57-68)75-66)67-62(70)56-54-52-50-48-46-44-42-40-37-22-20-18-16-14-12-10-8-6-4-2/h59-61,63-66,68-69,71-73H,3-58H2,1-2H3,(H,67,70). The van der Waals surface area contributed by atoms with Crippen molar-refractivity contribution in [2.45, 2.75) is 403 Å². The molecule has 0 aromatic rings. The molecule has 1 fully saturated rings. The normalized spacial score (nSPS) is 18.7. The number of rotatable bonds is 60. The van der Waals surface area contributed by atoms with E-state index in [4.69, 9.17) is 9.47 Å². The quantitative estimate of drug-likeness (QED) is 0.0330. The van der Waals surface area contributed by atoms with Crippen molar-refractivity contribution < 1.29 is 39.8 Å². The topological polar surface area (TPSA) is 149 Å². The summed E-state index contributed by atoms with van der Waals surface area (Å²) < 4.78 is 11.4. The Morgan fingerprint density at radius 2 is 0.667 bits per heavy atom. The molecule has 1 heterocycles. The predicted molar refractivity (Wildman–Crippen MR) is 318 cm³/mol. The van der Waals surface area contributed by atoms with Crippen molar-refractivity contribution in [2.24, 2.45) is 0 Å². The first-order valence-corrected chi connectivity index (χ1v) is 33.7. The third-order valence-electron chi connectivity index (χ3n) is 16.7. The SMILES string of the molecule is CCCCCCCCCCCCCCCCCCCCCCCCCCCCCCCCCCCC(O)C(COC1OC(CO)C(O)C(O)C1O)NC(=O)CCCCCCCCCCCCCCCCCCCCC. The number of hydrogen-bond donors (Lipinski definition) is 6. The number of hydrogen-bond acceptors (Lipinski definition) is 8. The Labute approximate surface area is 465 Å². The largest absolute Gasteiger partial charge is 0.394 e. The molecule has 1 aliphatic rings. The zero-order valence-corrected chi connectivity index (χ0v) is 50.1. The molecule has 0 spiro atoms. The number of aliphatic hydroxyl groups excluding tert-OH is 5. The van der Waals surface area contributed by atoms with Crippen LogP contribution >= 0.6 is 0 Å². The van der Waals surface area contributed by atoms with Crippen LogP contribution in [0.15, 0.2) is 0 Å². The number of carbonyl (C=O) groups excluding carboxylic acids is 1. The van der Waals surface area contributed by atoms with Gasteiger partial charge in [0.25, 0.3) is 0 Å². The van der Waals surface area contributed by atoms with Gasteiger partial charge in [-0.25, -0.2) is 0 Å². The van der Waals surface area contributed by atoms with Gasteiger partial charge in [-0.15, -0.1) is 0 Å². The van der Waals surface area contributed by atoms with E-state index < -0.39 is 49.5 Å². The molecule has 9 nitrogen and oxygen atoms in total. The van der Waals surface area contributed by atoms with Crippen molar-refractivity contribution in [1.82, 2.24) is 5.32 Å². The molecule has 1 rings (SSSR count).